The molecule has 116 valence electrons. The lowest BCUT2D eigenvalue weighted by atomic mass is 10.2. The van der Waals surface area contributed by atoms with Crippen LogP contribution in [0.2, 0.25) is 10.0 Å². The molecule has 2 nitrogen and oxygen atoms in total. The highest BCUT2D eigenvalue weighted by Gasteiger charge is 2.16. The van der Waals surface area contributed by atoms with Crippen LogP contribution in [-0.2, 0) is 10.5 Å². The minimum absolute atomic E-state index is 0.198. The fraction of sp³-hybridized carbons (Fsp3) is 0.188. The predicted octanol–water partition coefficient (Wildman–Crippen LogP) is 5.39. The van der Waals surface area contributed by atoms with Crippen molar-refractivity contribution in [3.63, 3.8) is 0 Å². The fourth-order valence-corrected chi connectivity index (χ4v) is 3.09. The molecule has 0 aliphatic carbocycles. The molecular weight excluding hydrogens is 344 g/mol. The van der Waals surface area contributed by atoms with E-state index < -0.39 is 0 Å². The predicted molar refractivity (Wildman–Crippen MR) is 92.2 cm³/mol. The number of carbonyl (C=O) groups is 1. The van der Waals surface area contributed by atoms with E-state index in [1.165, 1.54) is 23.9 Å². The van der Waals surface area contributed by atoms with Gasteiger partial charge in [-0.05, 0) is 36.8 Å². The third-order valence-electron chi connectivity index (χ3n) is 2.97. The lowest BCUT2D eigenvalue weighted by molar-refractivity contribution is -0.115. The van der Waals surface area contributed by atoms with Crippen molar-refractivity contribution in [1.82, 2.24) is 0 Å². The van der Waals surface area contributed by atoms with E-state index in [0.717, 1.165) is 5.56 Å². The molecule has 22 heavy (non-hydrogen) atoms. The van der Waals surface area contributed by atoms with Gasteiger partial charge in [-0.15, -0.1) is 11.8 Å². The lowest BCUT2D eigenvalue weighted by Gasteiger charge is -2.14. The number of thioether (sulfide) groups is 1. The second-order valence-corrected chi connectivity index (χ2v) is 6.81. The molecule has 2 aromatic carbocycles. The third kappa shape index (κ3) is 4.63. The molecule has 2 aromatic rings. The van der Waals surface area contributed by atoms with Gasteiger partial charge in [-0.2, -0.15) is 0 Å². The molecule has 6 heteroatoms. The minimum atomic E-state index is -0.324. The molecule has 1 amide bonds. The van der Waals surface area contributed by atoms with Crippen LogP contribution in [0.5, 0.6) is 0 Å². The largest absolute Gasteiger partial charge is 0.323 e. The number of rotatable bonds is 5. The fourth-order valence-electron chi connectivity index (χ4n) is 1.77. The van der Waals surface area contributed by atoms with Gasteiger partial charge in [0.15, 0.2) is 0 Å². The molecule has 0 saturated carbocycles. The molecule has 0 aliphatic heterocycles. The summed E-state index contributed by atoms with van der Waals surface area (Å²) >= 11 is 13.5. The second kappa shape index (κ2) is 7.86. The molecule has 0 bridgehead atoms. The molecule has 0 spiro atoms. The van der Waals surface area contributed by atoms with E-state index in [1.807, 2.05) is 6.07 Å². The molecule has 1 atom stereocenters. The number of amides is 1. The van der Waals surface area contributed by atoms with Gasteiger partial charge in [-0.3, -0.25) is 4.79 Å². The van der Waals surface area contributed by atoms with Gasteiger partial charge < -0.3 is 5.32 Å². The number of carbonyl (C=O) groups excluding carboxylic acids is 1. The highest BCUT2D eigenvalue weighted by atomic mass is 35.5. The SMILES string of the molecule is CC(SCc1cccc(F)c1)C(=O)Nc1c(Cl)cccc1Cl. The normalized spacial score (nSPS) is 12.0. The van der Waals surface area contributed by atoms with Crippen LogP contribution < -0.4 is 5.32 Å². The Morgan fingerprint density at radius 3 is 2.50 bits per heavy atom. The average molecular weight is 358 g/mol. The van der Waals surface area contributed by atoms with Gasteiger partial charge in [0.05, 0.1) is 21.0 Å². The van der Waals surface area contributed by atoms with Gasteiger partial charge in [0.25, 0.3) is 0 Å². The summed E-state index contributed by atoms with van der Waals surface area (Å²) in [6.07, 6.45) is 0. The van der Waals surface area contributed by atoms with Crippen LogP contribution in [0, 0.1) is 5.82 Å². The van der Waals surface area contributed by atoms with Crippen LogP contribution >= 0.6 is 35.0 Å². The van der Waals surface area contributed by atoms with Crippen molar-refractivity contribution in [2.75, 3.05) is 5.32 Å². The highest BCUT2D eigenvalue weighted by Crippen LogP contribution is 2.30. The van der Waals surface area contributed by atoms with Crippen molar-refractivity contribution in [3.05, 3.63) is 63.9 Å². The van der Waals surface area contributed by atoms with Crippen LogP contribution in [0.3, 0.4) is 0 Å². The first-order valence-corrected chi connectivity index (χ1v) is 8.39. The number of benzene rings is 2. The first kappa shape index (κ1) is 17.1. The number of hydrogen-bond donors (Lipinski definition) is 1. The maximum Gasteiger partial charge on any atom is 0.237 e. The summed E-state index contributed by atoms with van der Waals surface area (Å²) < 4.78 is 13.1. The topological polar surface area (TPSA) is 29.1 Å². The molecule has 1 N–H and O–H groups in total. The van der Waals surface area contributed by atoms with Gasteiger partial charge in [-0.25, -0.2) is 4.39 Å². The van der Waals surface area contributed by atoms with Crippen molar-refractivity contribution >= 4 is 46.6 Å². The first-order chi connectivity index (χ1) is 10.5. The van der Waals surface area contributed by atoms with Gasteiger partial charge >= 0.3 is 0 Å². The summed E-state index contributed by atoms with van der Waals surface area (Å²) in [4.78, 5) is 12.2. The van der Waals surface area contributed by atoms with Crippen molar-refractivity contribution < 1.29 is 9.18 Å². The summed E-state index contributed by atoms with van der Waals surface area (Å²) in [7, 11) is 0. The van der Waals surface area contributed by atoms with E-state index in [0.29, 0.717) is 21.5 Å². The van der Waals surface area contributed by atoms with Gasteiger partial charge in [0.2, 0.25) is 5.91 Å². The standard InChI is InChI=1S/C16H14Cl2FNOS/c1-10(22-9-11-4-2-5-12(19)8-11)16(21)20-15-13(17)6-3-7-14(15)18/h2-8,10H,9H2,1H3,(H,20,21). The lowest BCUT2D eigenvalue weighted by Crippen LogP contribution is -2.23. The Kier molecular flexibility index (Phi) is 6.12. The molecule has 0 aromatic heterocycles. The molecule has 0 aliphatic rings. The molecule has 0 fully saturated rings. The number of halogens is 3. The maximum absolute atomic E-state index is 13.1. The van der Waals surface area contributed by atoms with E-state index in [1.54, 1.807) is 31.2 Å². The minimum Gasteiger partial charge on any atom is -0.323 e. The van der Waals surface area contributed by atoms with Crippen LogP contribution in [0.1, 0.15) is 12.5 Å². The monoisotopic (exact) mass is 357 g/mol. The van der Waals surface area contributed by atoms with E-state index >= 15 is 0 Å². The third-order valence-corrected chi connectivity index (χ3v) is 4.81. The Morgan fingerprint density at radius 1 is 1.23 bits per heavy atom. The maximum atomic E-state index is 13.1. The quantitative estimate of drug-likeness (QED) is 0.776. The van der Waals surface area contributed by atoms with Crippen LogP contribution in [0.25, 0.3) is 0 Å². The van der Waals surface area contributed by atoms with E-state index in [-0.39, 0.29) is 17.0 Å². The summed E-state index contributed by atoms with van der Waals surface area (Å²) in [6, 6.07) is 11.4. The van der Waals surface area contributed by atoms with Gasteiger partial charge in [0, 0.05) is 5.75 Å². The summed E-state index contributed by atoms with van der Waals surface area (Å²) in [6.45, 7) is 1.78. The van der Waals surface area contributed by atoms with Crippen molar-refractivity contribution in [3.8, 4) is 0 Å². The summed E-state index contributed by atoms with van der Waals surface area (Å²) in [5, 5.41) is 3.19. The smallest absolute Gasteiger partial charge is 0.237 e. The Labute approximate surface area is 143 Å². The number of hydrogen-bond acceptors (Lipinski definition) is 2. The average Bonchev–Trinajstić information content (AvgIpc) is 2.48. The van der Waals surface area contributed by atoms with Crippen molar-refractivity contribution in [2.45, 2.75) is 17.9 Å². The Hall–Kier alpha value is -1.23. The van der Waals surface area contributed by atoms with Crippen LogP contribution in [-0.4, -0.2) is 11.2 Å². The van der Waals surface area contributed by atoms with Crippen LogP contribution in [0.4, 0.5) is 10.1 Å². The number of para-hydroxylation sites is 1. The number of anilines is 1. The zero-order valence-corrected chi connectivity index (χ0v) is 14.1. The molecule has 2 rings (SSSR count). The Morgan fingerprint density at radius 2 is 1.86 bits per heavy atom. The number of nitrogens with one attached hydrogen (secondary N) is 1. The van der Waals surface area contributed by atoms with E-state index in [2.05, 4.69) is 5.32 Å². The van der Waals surface area contributed by atoms with Gasteiger partial charge in [0.1, 0.15) is 5.82 Å². The molecular formula is C16H14Cl2FNOS. The molecule has 0 heterocycles. The second-order valence-electron chi connectivity index (χ2n) is 4.67. The molecule has 0 radical (unpaired) electrons. The van der Waals surface area contributed by atoms with E-state index in [4.69, 9.17) is 23.2 Å². The first-order valence-electron chi connectivity index (χ1n) is 6.58. The van der Waals surface area contributed by atoms with Crippen LogP contribution in [0.15, 0.2) is 42.5 Å². The zero-order valence-electron chi connectivity index (χ0n) is 11.8. The molecule has 1 unspecified atom stereocenters. The van der Waals surface area contributed by atoms with Crippen molar-refractivity contribution in [2.24, 2.45) is 0 Å². The van der Waals surface area contributed by atoms with E-state index in [9.17, 15) is 9.18 Å². The van der Waals surface area contributed by atoms with Crippen molar-refractivity contribution in [1.29, 1.82) is 0 Å². The Bertz CT molecular complexity index is 661. The molecule has 0 saturated heterocycles. The zero-order chi connectivity index (χ0) is 16.1. The summed E-state index contributed by atoms with van der Waals surface area (Å²) in [5.41, 5.74) is 1.24. The highest BCUT2D eigenvalue weighted by molar-refractivity contribution is 7.99. The summed E-state index contributed by atoms with van der Waals surface area (Å²) in [5.74, 6) is 0.0669. The Balaban J connectivity index is 1.95. The van der Waals surface area contributed by atoms with Gasteiger partial charge in [-0.1, -0.05) is 41.4 Å².